The van der Waals surface area contributed by atoms with E-state index in [0.717, 1.165) is 91.6 Å². The Morgan fingerprint density at radius 1 is 0.841 bits per heavy atom. The summed E-state index contributed by atoms with van der Waals surface area (Å²) in [5.74, 6) is -0.424. The summed E-state index contributed by atoms with van der Waals surface area (Å²) < 4.78 is 23.5. The number of hydrogen-bond acceptors (Lipinski definition) is 15. The Kier molecular flexibility index (Phi) is 26.9. The monoisotopic (exact) mass is 1190 g/mol. The highest BCUT2D eigenvalue weighted by molar-refractivity contribution is 8.00. The van der Waals surface area contributed by atoms with Gasteiger partial charge in [0.25, 0.3) is 0 Å². The van der Waals surface area contributed by atoms with E-state index >= 15 is 0 Å². The highest BCUT2D eigenvalue weighted by atomic mass is 35.5. The molecular weight excluding hydrogens is 1110 g/mol. The van der Waals surface area contributed by atoms with Crippen molar-refractivity contribution in [3.05, 3.63) is 58.1 Å². The summed E-state index contributed by atoms with van der Waals surface area (Å²) in [6.07, 6.45) is 9.97. The Morgan fingerprint density at radius 2 is 1.61 bits per heavy atom. The van der Waals surface area contributed by atoms with Crippen LogP contribution in [0, 0.1) is 23.7 Å². The Hall–Kier alpha value is -4.90. The Bertz CT molecular complexity index is 2570. The van der Waals surface area contributed by atoms with Crippen LogP contribution in [-0.2, 0) is 49.4 Å². The number of halogens is 1. The molecule has 4 aliphatic rings. The molecule has 2 aromatic carbocycles. The zero-order valence-electron chi connectivity index (χ0n) is 48.1. The maximum atomic E-state index is 14.9. The maximum absolute atomic E-state index is 14.9. The van der Waals surface area contributed by atoms with Crippen molar-refractivity contribution in [3.63, 3.8) is 0 Å². The molecule has 6 amide bonds. The van der Waals surface area contributed by atoms with E-state index in [9.17, 15) is 33.6 Å². The molecule has 0 spiro atoms. The smallest absolute Gasteiger partial charge is 0.315 e. The number of nitrogens with one attached hydrogen (secondary N) is 6. The maximum Gasteiger partial charge on any atom is 0.315 e. The van der Waals surface area contributed by atoms with E-state index in [-0.39, 0.29) is 110 Å². The molecule has 3 aliphatic heterocycles. The first-order chi connectivity index (χ1) is 39.7. The molecule has 7 atom stereocenters. The van der Waals surface area contributed by atoms with Gasteiger partial charge in [-0.2, -0.15) is 11.8 Å². The van der Waals surface area contributed by atoms with Gasteiger partial charge < -0.3 is 55.7 Å². The summed E-state index contributed by atoms with van der Waals surface area (Å²) >= 11 is 9.60. The van der Waals surface area contributed by atoms with Gasteiger partial charge in [-0.3, -0.25) is 28.8 Å². The van der Waals surface area contributed by atoms with E-state index in [1.807, 2.05) is 62.3 Å². The molecule has 22 heteroatoms. The van der Waals surface area contributed by atoms with Crippen LogP contribution in [-0.4, -0.2) is 160 Å². The third kappa shape index (κ3) is 21.3. The number of unbranched alkanes of at least 4 members (excludes halogenated alkanes) is 2. The van der Waals surface area contributed by atoms with Crippen LogP contribution in [0.5, 0.6) is 5.75 Å². The van der Waals surface area contributed by atoms with Crippen molar-refractivity contribution in [2.45, 2.75) is 145 Å². The third-order valence-corrected chi connectivity index (χ3v) is 18.8. The van der Waals surface area contributed by atoms with E-state index in [4.69, 9.17) is 35.5 Å². The van der Waals surface area contributed by atoms with Gasteiger partial charge in [-0.05, 0) is 102 Å². The van der Waals surface area contributed by atoms with Gasteiger partial charge in [0.1, 0.15) is 18.1 Å². The molecule has 7 rings (SSSR count). The number of nitrogens with zero attached hydrogens (tertiary/aromatic N) is 2. The van der Waals surface area contributed by atoms with Gasteiger partial charge >= 0.3 is 6.03 Å². The van der Waals surface area contributed by atoms with E-state index in [1.165, 1.54) is 11.3 Å². The fourth-order valence-corrected chi connectivity index (χ4v) is 14.2. The highest BCUT2D eigenvalue weighted by Crippen LogP contribution is 2.36. The molecule has 0 bridgehead atoms. The highest BCUT2D eigenvalue weighted by Gasteiger charge is 2.42. The summed E-state index contributed by atoms with van der Waals surface area (Å²) in [6, 6.07) is 12.3. The van der Waals surface area contributed by atoms with Crippen LogP contribution in [0.15, 0.2) is 42.5 Å². The molecule has 3 fully saturated rings. The molecule has 4 heterocycles. The predicted octanol–water partition coefficient (Wildman–Crippen LogP) is 7.11. The number of thioether (sulfide) groups is 1. The number of aromatic nitrogens is 1. The minimum absolute atomic E-state index is 0.00138. The minimum atomic E-state index is -0.879. The largest absolute Gasteiger partial charge is 0.493 e. The zero-order chi connectivity index (χ0) is 58.2. The number of para-hydroxylation sites is 1. The van der Waals surface area contributed by atoms with Crippen molar-refractivity contribution in [3.8, 4) is 5.75 Å². The SMILES string of the molecule is CCC(=O)C[C@@H](Cc1nc2ccc(Cl)cc2s1)C(=O)N[C@@H](CC1CCC(CNC(=O)COCCOCCOCCNC(=O)CCCC[C@@H]2SC[C@@H]3NC(=O)N[C@@H]32)CC1)C(=O)C[C@@H](CCCCN(C)C)C(=O)N[C@@H]1CCOc2ccccc21. The van der Waals surface area contributed by atoms with Crippen LogP contribution in [0.25, 0.3) is 10.2 Å². The average molecular weight is 1200 g/mol. The van der Waals surface area contributed by atoms with Crippen molar-refractivity contribution in [2.75, 3.05) is 85.7 Å². The summed E-state index contributed by atoms with van der Waals surface area (Å²) in [4.78, 5) is 100. The summed E-state index contributed by atoms with van der Waals surface area (Å²) in [6.45, 7) is 5.56. The molecule has 82 heavy (non-hydrogen) atoms. The average Bonchev–Trinajstić information content (AvgIpc) is 4.37. The minimum Gasteiger partial charge on any atom is -0.493 e. The van der Waals surface area contributed by atoms with Gasteiger partial charge in [-0.15, -0.1) is 11.3 Å². The van der Waals surface area contributed by atoms with Crippen LogP contribution in [0.4, 0.5) is 4.79 Å². The number of amides is 6. The standard InChI is InChI=1S/C60H87ClN8O11S2/c1-4-44(70)32-42(34-56-64-47-21-20-43(61)35-53(47)82-56)59(75)66-48(50(71)33-41(11-9-10-24-69(2)3)58(74)65-46-22-25-80-51-13-6-5-12-45(46)51)31-39-16-18-40(19-17-39)36-63-55(73)37-79-30-29-78-28-27-77-26-23-62-54(72)15-8-7-14-52-57-49(38-81-52)67-60(76)68-57/h5-6,12-13,20-21,35,39-42,46,48-49,52,57H,4,7-11,14-19,22-34,36-38H2,1-3H3,(H,62,72)(H,63,73)(H,65,74)(H,66,75)(H2,67,68,76)/t39?,40?,41-,42+,46-,48+,49+,52+,57+/m1/s1. The van der Waals surface area contributed by atoms with Crippen LogP contribution in [0.2, 0.25) is 5.02 Å². The zero-order valence-corrected chi connectivity index (χ0v) is 50.5. The summed E-state index contributed by atoms with van der Waals surface area (Å²) in [5, 5.41) is 20.0. The Morgan fingerprint density at radius 3 is 2.40 bits per heavy atom. The fraction of sp³-hybridized carbons (Fsp3) is 0.667. The molecule has 1 saturated carbocycles. The molecular formula is C60H87ClN8O11S2. The molecule has 2 saturated heterocycles. The predicted molar refractivity (Wildman–Crippen MR) is 319 cm³/mol. The first-order valence-corrected chi connectivity index (χ1v) is 32.0. The molecule has 1 aliphatic carbocycles. The number of ketones is 2. The number of thiazole rings is 1. The molecule has 452 valence electrons. The van der Waals surface area contributed by atoms with Crippen LogP contribution < -0.4 is 36.6 Å². The Labute approximate surface area is 496 Å². The summed E-state index contributed by atoms with van der Waals surface area (Å²) in [5.41, 5.74) is 1.67. The first-order valence-electron chi connectivity index (χ1n) is 29.7. The van der Waals surface area contributed by atoms with Crippen LogP contribution in [0.3, 0.4) is 0 Å². The van der Waals surface area contributed by atoms with Crippen molar-refractivity contribution in [2.24, 2.45) is 23.7 Å². The lowest BCUT2D eigenvalue weighted by molar-refractivity contribution is -0.134. The number of urea groups is 1. The van der Waals surface area contributed by atoms with Crippen molar-refractivity contribution in [1.29, 1.82) is 0 Å². The van der Waals surface area contributed by atoms with Crippen LogP contribution in [0.1, 0.15) is 126 Å². The number of fused-ring (bicyclic) bond motifs is 3. The number of benzene rings is 2. The van der Waals surface area contributed by atoms with Crippen molar-refractivity contribution < 1.29 is 52.5 Å². The molecule has 19 nitrogen and oxygen atoms in total. The molecule has 6 N–H and O–H groups in total. The van der Waals surface area contributed by atoms with Gasteiger partial charge in [0.15, 0.2) is 5.78 Å². The number of carbonyl (C=O) groups is 7. The lowest BCUT2D eigenvalue weighted by Crippen LogP contribution is -2.47. The normalized spacial score (nSPS) is 21.3. The molecule has 0 unspecified atom stereocenters. The lowest BCUT2D eigenvalue weighted by atomic mass is 9.78. The molecule has 1 aromatic heterocycles. The second kappa shape index (κ2) is 34.2. The second-order valence-corrected chi connectivity index (χ2v) is 25.4. The number of rotatable bonds is 37. The molecule has 0 radical (unpaired) electrons. The van der Waals surface area contributed by atoms with E-state index in [1.54, 1.807) is 13.0 Å². The van der Waals surface area contributed by atoms with Crippen molar-refractivity contribution in [1.82, 2.24) is 41.8 Å². The van der Waals surface area contributed by atoms with Gasteiger partial charge in [0.2, 0.25) is 23.6 Å². The van der Waals surface area contributed by atoms with Gasteiger partial charge in [-0.25, -0.2) is 9.78 Å². The first kappa shape index (κ1) is 64.7. The quantitative estimate of drug-likeness (QED) is 0.0249. The van der Waals surface area contributed by atoms with E-state index in [2.05, 4.69) is 36.8 Å². The molecule has 3 aromatic rings. The second-order valence-electron chi connectivity index (χ2n) is 22.6. The Balaban J connectivity index is 0.836. The van der Waals surface area contributed by atoms with Gasteiger partial charge in [-0.1, -0.05) is 62.4 Å². The summed E-state index contributed by atoms with van der Waals surface area (Å²) in [7, 11) is 4.02. The number of carbonyl (C=O) groups excluding carboxylic acids is 7. The number of Topliss-reactive ketones (excluding diaryl/α,β-unsaturated/α-hetero) is 2. The third-order valence-electron chi connectivity index (χ3n) is 16.0. The van der Waals surface area contributed by atoms with E-state index in [0.29, 0.717) is 87.1 Å². The lowest BCUT2D eigenvalue weighted by Gasteiger charge is -2.32. The van der Waals surface area contributed by atoms with Gasteiger partial charge in [0.05, 0.1) is 85.0 Å². The number of hydrogen-bond donors (Lipinski definition) is 6. The topological polar surface area (TPSA) is 245 Å². The van der Waals surface area contributed by atoms with Crippen molar-refractivity contribution >= 4 is 86.1 Å². The van der Waals surface area contributed by atoms with E-state index < -0.39 is 17.9 Å². The number of ether oxygens (including phenoxy) is 4. The van der Waals surface area contributed by atoms with Gasteiger partial charge in [0, 0.05) is 79.1 Å². The fourth-order valence-electron chi connectivity index (χ4n) is 11.3. The van der Waals surface area contributed by atoms with Crippen LogP contribution >= 0.6 is 34.7 Å².